The second-order valence-corrected chi connectivity index (χ2v) is 5.85. The highest BCUT2D eigenvalue weighted by Crippen LogP contribution is 2.21. The molecule has 1 heterocycles. The van der Waals surface area contributed by atoms with E-state index in [0.29, 0.717) is 6.04 Å². The van der Waals surface area contributed by atoms with Crippen LogP contribution in [0.3, 0.4) is 0 Å². The predicted octanol–water partition coefficient (Wildman–Crippen LogP) is 5.08. The Morgan fingerprint density at radius 2 is 2.00 bits per heavy atom. The van der Waals surface area contributed by atoms with E-state index in [1.165, 1.54) is 12.8 Å². The van der Waals surface area contributed by atoms with Crippen molar-refractivity contribution in [3.8, 4) is 0 Å². The molecule has 0 saturated carbocycles. The number of hydrogen-bond acceptors (Lipinski definition) is 3. The van der Waals surface area contributed by atoms with Crippen LogP contribution >= 0.6 is 0 Å². The van der Waals surface area contributed by atoms with E-state index in [4.69, 9.17) is 0 Å². The van der Waals surface area contributed by atoms with Gasteiger partial charge in [0.05, 0.1) is 5.56 Å². The van der Waals surface area contributed by atoms with E-state index in [9.17, 15) is 4.79 Å². The number of carbonyl (C=O) groups is 1. The first kappa shape index (κ1) is 17.7. The van der Waals surface area contributed by atoms with E-state index >= 15 is 0 Å². The maximum Gasteiger partial charge on any atom is 0.169 e. The van der Waals surface area contributed by atoms with Crippen LogP contribution in [0.5, 0.6) is 0 Å². The van der Waals surface area contributed by atoms with Crippen LogP contribution in [0.15, 0.2) is 18.3 Å². The van der Waals surface area contributed by atoms with Gasteiger partial charge in [-0.1, -0.05) is 47.0 Å². The quantitative estimate of drug-likeness (QED) is 0.611. The van der Waals surface area contributed by atoms with Crippen molar-refractivity contribution in [2.75, 3.05) is 5.32 Å². The molecule has 0 fully saturated rings. The molecule has 0 spiro atoms. The molecular formula is C18H30N2O. The van der Waals surface area contributed by atoms with Gasteiger partial charge in [-0.2, -0.15) is 0 Å². The van der Waals surface area contributed by atoms with Gasteiger partial charge in [-0.15, -0.1) is 0 Å². The lowest BCUT2D eigenvalue weighted by molar-refractivity contribution is 0.0927. The smallest absolute Gasteiger partial charge is 0.169 e. The van der Waals surface area contributed by atoms with E-state index in [0.717, 1.165) is 37.1 Å². The fourth-order valence-electron chi connectivity index (χ4n) is 2.45. The van der Waals surface area contributed by atoms with Gasteiger partial charge in [-0.3, -0.25) is 4.79 Å². The zero-order chi connectivity index (χ0) is 15.7. The molecule has 0 saturated heterocycles. The molecule has 0 aliphatic heterocycles. The first-order valence-electron chi connectivity index (χ1n) is 8.39. The van der Waals surface area contributed by atoms with Gasteiger partial charge in [0.2, 0.25) is 0 Å². The number of ketones is 1. The molecular weight excluding hydrogens is 260 g/mol. The van der Waals surface area contributed by atoms with Gasteiger partial charge in [0, 0.05) is 18.2 Å². The van der Waals surface area contributed by atoms with Crippen LogP contribution in [-0.4, -0.2) is 16.8 Å². The first-order chi connectivity index (χ1) is 10.1. The minimum absolute atomic E-state index is 0.0509. The summed E-state index contributed by atoms with van der Waals surface area (Å²) in [5.74, 6) is 1.01. The highest BCUT2D eigenvalue weighted by molar-refractivity contribution is 6.01. The molecule has 0 radical (unpaired) electrons. The summed E-state index contributed by atoms with van der Waals surface area (Å²) in [5.41, 5.74) is 0.740. The van der Waals surface area contributed by atoms with Crippen LogP contribution in [0.1, 0.15) is 76.6 Å². The second-order valence-electron chi connectivity index (χ2n) is 5.85. The molecule has 1 aromatic heterocycles. The van der Waals surface area contributed by atoms with Gasteiger partial charge < -0.3 is 5.32 Å². The van der Waals surface area contributed by atoms with E-state index < -0.39 is 0 Å². The highest BCUT2D eigenvalue weighted by Gasteiger charge is 2.19. The van der Waals surface area contributed by atoms with Crippen molar-refractivity contribution in [2.45, 2.75) is 72.3 Å². The van der Waals surface area contributed by atoms with Crippen molar-refractivity contribution in [1.29, 1.82) is 0 Å². The number of carbonyl (C=O) groups excluding carboxylic acids is 1. The largest absolute Gasteiger partial charge is 0.367 e. The number of aromatic nitrogens is 1. The van der Waals surface area contributed by atoms with E-state index in [1.807, 2.05) is 26.0 Å². The summed E-state index contributed by atoms with van der Waals surface area (Å²) in [6, 6.07) is 4.15. The average Bonchev–Trinajstić information content (AvgIpc) is 2.51. The molecule has 3 nitrogen and oxygen atoms in total. The van der Waals surface area contributed by atoms with E-state index in [-0.39, 0.29) is 11.7 Å². The van der Waals surface area contributed by atoms with Crippen LogP contribution in [0.2, 0.25) is 0 Å². The minimum Gasteiger partial charge on any atom is -0.367 e. The Labute approximate surface area is 129 Å². The van der Waals surface area contributed by atoms with E-state index in [2.05, 4.69) is 24.1 Å². The monoisotopic (exact) mass is 290 g/mol. The van der Waals surface area contributed by atoms with Crippen LogP contribution in [0, 0.1) is 5.92 Å². The van der Waals surface area contributed by atoms with Gasteiger partial charge in [0.15, 0.2) is 5.78 Å². The molecule has 1 N–H and O–H groups in total. The van der Waals surface area contributed by atoms with Crippen LogP contribution in [0.25, 0.3) is 0 Å². The van der Waals surface area contributed by atoms with Gasteiger partial charge in [-0.25, -0.2) is 4.98 Å². The summed E-state index contributed by atoms with van der Waals surface area (Å²) < 4.78 is 0. The Bertz CT molecular complexity index is 431. The molecule has 0 aromatic carbocycles. The SMILES string of the molecule is CCCCC(CCC)Nc1ncccc1C(=O)C(C)CC. The fourth-order valence-corrected chi connectivity index (χ4v) is 2.45. The molecule has 0 amide bonds. The average molecular weight is 290 g/mol. The summed E-state index contributed by atoms with van der Waals surface area (Å²) in [5, 5.41) is 3.51. The molecule has 118 valence electrons. The zero-order valence-corrected chi connectivity index (χ0v) is 14.0. The first-order valence-corrected chi connectivity index (χ1v) is 8.39. The van der Waals surface area contributed by atoms with Gasteiger partial charge in [0.1, 0.15) is 5.82 Å². The molecule has 1 rings (SSSR count). The number of Topliss-reactive ketones (excluding diaryl/α,β-unsaturated/α-hetero) is 1. The summed E-state index contributed by atoms with van der Waals surface area (Å²) >= 11 is 0. The number of unbranched alkanes of at least 4 members (excludes halogenated alkanes) is 1. The summed E-state index contributed by atoms with van der Waals surface area (Å²) in [6.07, 6.45) is 8.43. The lowest BCUT2D eigenvalue weighted by Crippen LogP contribution is -2.23. The number of hydrogen-bond donors (Lipinski definition) is 1. The Balaban J connectivity index is 2.88. The fraction of sp³-hybridized carbons (Fsp3) is 0.667. The zero-order valence-electron chi connectivity index (χ0n) is 14.0. The number of nitrogens with one attached hydrogen (secondary N) is 1. The molecule has 0 aliphatic rings. The van der Waals surface area contributed by atoms with Crippen molar-refractivity contribution in [3.05, 3.63) is 23.9 Å². The molecule has 0 bridgehead atoms. The van der Waals surface area contributed by atoms with Crippen molar-refractivity contribution >= 4 is 11.6 Å². The van der Waals surface area contributed by atoms with E-state index in [1.54, 1.807) is 6.20 Å². The third kappa shape index (κ3) is 5.49. The summed E-state index contributed by atoms with van der Waals surface area (Å²) in [4.78, 5) is 16.9. The lowest BCUT2D eigenvalue weighted by Gasteiger charge is -2.20. The van der Waals surface area contributed by atoms with Crippen LogP contribution < -0.4 is 5.32 Å². The Morgan fingerprint density at radius 3 is 2.62 bits per heavy atom. The third-order valence-corrected chi connectivity index (χ3v) is 4.02. The van der Waals surface area contributed by atoms with Crippen molar-refractivity contribution in [1.82, 2.24) is 4.98 Å². The van der Waals surface area contributed by atoms with Gasteiger partial charge >= 0.3 is 0 Å². The summed E-state index contributed by atoms with van der Waals surface area (Å²) in [7, 11) is 0. The number of anilines is 1. The van der Waals surface area contributed by atoms with Crippen LogP contribution in [0.4, 0.5) is 5.82 Å². The number of pyridine rings is 1. The summed E-state index contributed by atoms with van der Waals surface area (Å²) in [6.45, 7) is 8.44. The second kappa shape index (κ2) is 9.54. The molecule has 21 heavy (non-hydrogen) atoms. The number of nitrogens with zero attached hydrogens (tertiary/aromatic N) is 1. The van der Waals surface area contributed by atoms with Crippen molar-refractivity contribution in [2.24, 2.45) is 5.92 Å². The molecule has 3 heteroatoms. The van der Waals surface area contributed by atoms with Gasteiger partial charge in [0.25, 0.3) is 0 Å². The Kier molecular flexibility index (Phi) is 8.03. The Morgan fingerprint density at radius 1 is 1.24 bits per heavy atom. The topological polar surface area (TPSA) is 42.0 Å². The third-order valence-electron chi connectivity index (χ3n) is 4.02. The maximum atomic E-state index is 12.5. The molecule has 2 atom stereocenters. The van der Waals surface area contributed by atoms with Crippen LogP contribution in [-0.2, 0) is 0 Å². The van der Waals surface area contributed by atoms with Crippen molar-refractivity contribution in [3.63, 3.8) is 0 Å². The minimum atomic E-state index is 0.0509. The number of rotatable bonds is 10. The lowest BCUT2D eigenvalue weighted by atomic mass is 9.97. The molecule has 1 aromatic rings. The van der Waals surface area contributed by atoms with Crippen molar-refractivity contribution < 1.29 is 4.79 Å². The Hall–Kier alpha value is -1.38. The maximum absolute atomic E-state index is 12.5. The standard InChI is InChI=1S/C18H30N2O/c1-5-8-11-15(10-6-2)20-18-16(12-9-13-19-18)17(21)14(4)7-3/h9,12-15H,5-8,10-11H2,1-4H3,(H,19,20). The predicted molar refractivity (Wildman–Crippen MR) is 89.9 cm³/mol. The molecule has 2 unspecified atom stereocenters. The highest BCUT2D eigenvalue weighted by atomic mass is 16.1. The normalized spacial score (nSPS) is 13.7. The molecule has 0 aliphatic carbocycles. The van der Waals surface area contributed by atoms with Gasteiger partial charge in [-0.05, 0) is 31.4 Å².